The van der Waals surface area contributed by atoms with Gasteiger partial charge in [-0.15, -0.1) is 0 Å². The highest BCUT2D eigenvalue weighted by Crippen LogP contribution is 2.44. The summed E-state index contributed by atoms with van der Waals surface area (Å²) < 4.78 is 56.0. The molecule has 0 bridgehead atoms. The van der Waals surface area contributed by atoms with E-state index in [1.54, 1.807) is 37.3 Å². The zero-order chi connectivity index (χ0) is 33.2. The van der Waals surface area contributed by atoms with Gasteiger partial charge in [0.2, 0.25) is 5.91 Å². The van der Waals surface area contributed by atoms with Crippen molar-refractivity contribution in [3.8, 4) is 11.8 Å². The molecule has 0 fully saturated rings. The highest BCUT2D eigenvalue weighted by atomic mass is 19.4. The summed E-state index contributed by atoms with van der Waals surface area (Å²) in [5.74, 6) is -3.13. The van der Waals surface area contributed by atoms with Gasteiger partial charge in [0, 0.05) is 30.5 Å². The molecule has 236 valence electrons. The number of likely N-dealkylation sites (N-methyl/N-ethyl adjacent to an activating group) is 1. The third-order valence-corrected chi connectivity index (χ3v) is 7.74. The van der Waals surface area contributed by atoms with E-state index < -0.39 is 47.2 Å². The van der Waals surface area contributed by atoms with E-state index in [0.29, 0.717) is 34.4 Å². The molecule has 9 nitrogen and oxygen atoms in total. The third-order valence-electron chi connectivity index (χ3n) is 7.74. The van der Waals surface area contributed by atoms with Gasteiger partial charge in [-0.3, -0.25) is 19.3 Å². The smallest absolute Gasteiger partial charge is 0.339 e. The van der Waals surface area contributed by atoms with Crippen LogP contribution in [0.4, 0.5) is 23.4 Å². The summed E-state index contributed by atoms with van der Waals surface area (Å²) in [5.41, 5.74) is 0.375. The summed E-state index contributed by atoms with van der Waals surface area (Å²) >= 11 is 0. The maximum atomic E-state index is 14.3. The molecule has 0 unspecified atom stereocenters. The fourth-order valence-electron chi connectivity index (χ4n) is 5.58. The Kier molecular flexibility index (Phi) is 8.91. The topological polar surface area (TPSA) is 111 Å². The number of rotatable bonds is 8. The van der Waals surface area contributed by atoms with Gasteiger partial charge < -0.3 is 10.2 Å². The number of para-hydroxylation sites is 1. The van der Waals surface area contributed by atoms with Crippen LogP contribution in [0.1, 0.15) is 52.5 Å². The minimum absolute atomic E-state index is 0.116. The van der Waals surface area contributed by atoms with Gasteiger partial charge in [0.1, 0.15) is 24.2 Å². The van der Waals surface area contributed by atoms with Crippen molar-refractivity contribution in [1.29, 1.82) is 5.26 Å². The molecular formula is C33H28F4N6O3. The molecule has 1 aromatic heterocycles. The maximum Gasteiger partial charge on any atom is 0.416 e. The van der Waals surface area contributed by atoms with Gasteiger partial charge in [0.15, 0.2) is 0 Å². The Balaban J connectivity index is 1.73. The highest BCUT2D eigenvalue weighted by molar-refractivity contribution is 6.05. The second-order valence-corrected chi connectivity index (χ2v) is 10.6. The first-order valence-electron chi connectivity index (χ1n) is 14.3. The van der Waals surface area contributed by atoms with E-state index in [0.717, 1.165) is 12.1 Å². The van der Waals surface area contributed by atoms with Crippen LogP contribution in [0.3, 0.4) is 0 Å². The number of aromatic nitrogens is 2. The number of nitrogens with zero attached hydrogens (tertiary/aromatic N) is 5. The largest absolute Gasteiger partial charge is 0.416 e. The molecule has 4 aromatic rings. The van der Waals surface area contributed by atoms with Crippen LogP contribution in [0, 0.1) is 17.1 Å². The molecule has 0 radical (unpaired) electrons. The van der Waals surface area contributed by atoms with E-state index in [4.69, 9.17) is 5.10 Å². The monoisotopic (exact) mass is 632 g/mol. The predicted octanol–water partition coefficient (Wildman–Crippen LogP) is 5.20. The van der Waals surface area contributed by atoms with E-state index in [9.17, 15) is 37.2 Å². The Morgan fingerprint density at radius 1 is 1.04 bits per heavy atom. The predicted molar refractivity (Wildman–Crippen MR) is 159 cm³/mol. The molecule has 46 heavy (non-hydrogen) atoms. The van der Waals surface area contributed by atoms with E-state index >= 15 is 0 Å². The second-order valence-electron chi connectivity index (χ2n) is 10.6. The van der Waals surface area contributed by atoms with Crippen LogP contribution in [0.5, 0.6) is 0 Å². The number of carbonyl (C=O) groups is 3. The molecule has 1 aliphatic rings. The number of nitrogens with one attached hydrogen (secondary N) is 1. The average molecular weight is 633 g/mol. The summed E-state index contributed by atoms with van der Waals surface area (Å²) in [6.07, 6.45) is -4.70. The number of amides is 3. The van der Waals surface area contributed by atoms with Crippen LogP contribution < -0.4 is 10.2 Å². The highest BCUT2D eigenvalue weighted by Gasteiger charge is 2.46. The van der Waals surface area contributed by atoms with Gasteiger partial charge in [0.25, 0.3) is 11.8 Å². The summed E-state index contributed by atoms with van der Waals surface area (Å²) in [6, 6.07) is 18.6. The average Bonchev–Trinajstić information content (AvgIpc) is 3.40. The molecule has 3 amide bonds. The van der Waals surface area contributed by atoms with Gasteiger partial charge in [-0.2, -0.15) is 23.5 Å². The first kappa shape index (κ1) is 31.9. The SMILES string of the molecule is CCN1C(=O)[C@@H](NC(=O)c2cccc(C(F)(F)F)c2)[C@@H](c2ccc(F)cc2)c2c(CN(CC#N)C(C)=O)nn(-c3ccccc3)c21. The molecule has 0 saturated heterocycles. The van der Waals surface area contributed by atoms with Crippen molar-refractivity contribution in [2.45, 2.75) is 38.5 Å². The fourth-order valence-corrected chi connectivity index (χ4v) is 5.58. The number of alkyl halides is 3. The summed E-state index contributed by atoms with van der Waals surface area (Å²) in [6.45, 7) is 2.74. The fraction of sp³-hybridized carbons (Fsp3) is 0.242. The molecule has 2 heterocycles. The van der Waals surface area contributed by atoms with Crippen molar-refractivity contribution in [3.63, 3.8) is 0 Å². The van der Waals surface area contributed by atoms with Gasteiger partial charge in [-0.1, -0.05) is 36.4 Å². The van der Waals surface area contributed by atoms with E-state index in [2.05, 4.69) is 5.32 Å². The normalized spacial score (nSPS) is 16.0. The Morgan fingerprint density at radius 2 is 1.74 bits per heavy atom. The molecule has 1 aliphatic heterocycles. The van der Waals surface area contributed by atoms with Crippen LogP contribution in [0.15, 0.2) is 78.9 Å². The summed E-state index contributed by atoms with van der Waals surface area (Å²) in [5, 5.41) is 16.9. The molecular weight excluding hydrogens is 604 g/mol. The lowest BCUT2D eigenvalue weighted by atomic mass is 9.80. The van der Waals surface area contributed by atoms with Crippen molar-refractivity contribution in [2.75, 3.05) is 18.0 Å². The van der Waals surface area contributed by atoms with Gasteiger partial charge >= 0.3 is 6.18 Å². The number of halogens is 4. The first-order chi connectivity index (χ1) is 21.9. The summed E-state index contributed by atoms with van der Waals surface area (Å²) in [4.78, 5) is 43.0. The standard InChI is InChI=1S/C33H28F4N6O3/c1-3-42-31-28(26(19-41(17-16-38)20(2)44)40-43(31)25-10-5-4-6-11-25)27(21-12-14-24(34)15-13-21)29(32(42)46)39-30(45)22-8-7-9-23(18-22)33(35,36)37/h4-15,18,27,29H,3,17,19H2,1-2H3,(H,39,45)/t27-,29-/m0/s1. The Morgan fingerprint density at radius 3 is 2.35 bits per heavy atom. The molecule has 1 N–H and O–H groups in total. The summed E-state index contributed by atoms with van der Waals surface area (Å²) in [7, 11) is 0. The van der Waals surface area contributed by atoms with Crippen molar-refractivity contribution in [2.24, 2.45) is 0 Å². The lowest BCUT2D eigenvalue weighted by molar-refractivity contribution is -0.137. The third kappa shape index (κ3) is 6.19. The molecule has 3 aromatic carbocycles. The quantitative estimate of drug-likeness (QED) is 0.212. The molecule has 0 spiro atoms. The van der Waals surface area contributed by atoms with Crippen LogP contribution in [0.25, 0.3) is 5.69 Å². The molecule has 13 heteroatoms. The van der Waals surface area contributed by atoms with Crippen molar-refractivity contribution in [1.82, 2.24) is 20.0 Å². The zero-order valence-corrected chi connectivity index (χ0v) is 24.8. The second kappa shape index (κ2) is 12.8. The molecule has 2 atom stereocenters. The van der Waals surface area contributed by atoms with Crippen molar-refractivity contribution >= 4 is 23.5 Å². The number of hydrogen-bond donors (Lipinski definition) is 1. The van der Waals surface area contributed by atoms with E-state index in [-0.39, 0.29) is 25.2 Å². The first-order valence-corrected chi connectivity index (χ1v) is 14.3. The van der Waals surface area contributed by atoms with Crippen molar-refractivity contribution < 1.29 is 31.9 Å². The Labute approximate surface area is 261 Å². The number of benzene rings is 3. The number of hydrogen-bond acceptors (Lipinski definition) is 5. The van der Waals surface area contributed by atoms with Gasteiger partial charge in [-0.25, -0.2) is 9.07 Å². The van der Waals surface area contributed by atoms with Gasteiger partial charge in [0.05, 0.1) is 29.6 Å². The molecule has 0 saturated carbocycles. The van der Waals surface area contributed by atoms with Gasteiger partial charge in [-0.05, 0) is 55.0 Å². The minimum Gasteiger partial charge on any atom is -0.339 e. The Hall–Kier alpha value is -5.51. The zero-order valence-electron chi connectivity index (χ0n) is 24.8. The number of anilines is 1. The van der Waals surface area contributed by atoms with Crippen LogP contribution >= 0.6 is 0 Å². The van der Waals surface area contributed by atoms with Crippen molar-refractivity contribution in [3.05, 3.63) is 113 Å². The molecule has 0 aliphatic carbocycles. The van der Waals surface area contributed by atoms with Crippen LogP contribution in [-0.2, 0) is 22.3 Å². The lowest BCUT2D eigenvalue weighted by Gasteiger charge is -2.38. The van der Waals surface area contributed by atoms with E-state index in [1.165, 1.54) is 51.7 Å². The number of nitriles is 1. The van der Waals surface area contributed by atoms with E-state index in [1.807, 2.05) is 6.07 Å². The number of carbonyl (C=O) groups excluding carboxylic acids is 3. The number of fused-ring (bicyclic) bond motifs is 1. The lowest BCUT2D eigenvalue weighted by Crippen LogP contribution is -2.55. The molecule has 5 rings (SSSR count). The Bertz CT molecular complexity index is 1820. The van der Waals surface area contributed by atoms with Crippen LogP contribution in [-0.4, -0.2) is 51.5 Å². The van der Waals surface area contributed by atoms with Crippen LogP contribution in [0.2, 0.25) is 0 Å². The maximum absolute atomic E-state index is 14.3. The minimum atomic E-state index is -4.70.